The van der Waals surface area contributed by atoms with Gasteiger partial charge < -0.3 is 9.80 Å². The van der Waals surface area contributed by atoms with Crippen molar-refractivity contribution >= 4 is 41.1 Å². The fourth-order valence-electron chi connectivity index (χ4n) is 4.51. The maximum Gasteiger partial charge on any atom is 0.114 e. The minimum Gasteiger partial charge on any atom is -0.378 e. The first-order valence-corrected chi connectivity index (χ1v) is 13.7. The van der Waals surface area contributed by atoms with Crippen LogP contribution in [-0.2, 0) is 0 Å². The van der Waals surface area contributed by atoms with Crippen molar-refractivity contribution in [2.75, 3.05) is 38.0 Å². The van der Waals surface area contributed by atoms with Gasteiger partial charge in [0.15, 0.2) is 0 Å². The van der Waals surface area contributed by atoms with Gasteiger partial charge in [0.05, 0.1) is 5.71 Å². The van der Waals surface area contributed by atoms with Crippen LogP contribution in [0.25, 0.3) is 5.57 Å². The summed E-state index contributed by atoms with van der Waals surface area (Å²) in [5, 5.41) is 2.99. The summed E-state index contributed by atoms with van der Waals surface area (Å²) < 4.78 is 0. The molecule has 0 saturated carbocycles. The Morgan fingerprint density at radius 3 is 1.68 bits per heavy atom. The third-order valence-electron chi connectivity index (χ3n) is 6.32. The van der Waals surface area contributed by atoms with Crippen LogP contribution < -0.4 is 20.2 Å². The molecule has 2 aromatic carbocycles. The van der Waals surface area contributed by atoms with E-state index in [9.17, 15) is 0 Å². The number of fused-ring (bicyclic) bond motifs is 2. The normalized spacial score (nSPS) is 16.0. The molecule has 0 saturated heterocycles. The van der Waals surface area contributed by atoms with E-state index >= 15 is 0 Å². The van der Waals surface area contributed by atoms with E-state index in [4.69, 9.17) is 0 Å². The summed E-state index contributed by atoms with van der Waals surface area (Å²) in [4.78, 5) is 8.71. The SMILES string of the molecule is C=CN=C1C=CC(=C2c3ccc(N(C)C)cc3[Si](C)(C)c3cc(N(C)C)ccc32)C=C1. The largest absolute Gasteiger partial charge is 0.378 e. The topological polar surface area (TPSA) is 18.8 Å². The summed E-state index contributed by atoms with van der Waals surface area (Å²) in [6.45, 7) is 8.67. The average Bonchev–Trinajstić information content (AvgIpc) is 2.74. The molecule has 0 unspecified atom stereocenters. The predicted octanol–water partition coefficient (Wildman–Crippen LogP) is 4.47. The Balaban J connectivity index is 2.03. The number of nitrogens with zero attached hydrogens (tertiary/aromatic N) is 3. The van der Waals surface area contributed by atoms with Crippen LogP contribution in [0.3, 0.4) is 0 Å². The third-order valence-corrected chi connectivity index (χ3v) is 9.84. The summed E-state index contributed by atoms with van der Waals surface area (Å²) in [7, 11) is 6.57. The van der Waals surface area contributed by atoms with Gasteiger partial charge in [-0.3, -0.25) is 4.99 Å². The molecule has 0 aromatic heterocycles. The lowest BCUT2D eigenvalue weighted by Gasteiger charge is -2.37. The average molecular weight is 426 g/mol. The molecule has 2 aliphatic rings. The molecule has 0 radical (unpaired) electrons. The maximum atomic E-state index is 4.32. The first-order valence-electron chi connectivity index (χ1n) is 10.7. The molecule has 0 atom stereocenters. The molecule has 3 nitrogen and oxygen atoms in total. The highest BCUT2D eigenvalue weighted by Gasteiger charge is 2.38. The molecule has 1 aliphatic carbocycles. The number of hydrogen-bond donors (Lipinski definition) is 0. The summed E-state index contributed by atoms with van der Waals surface area (Å²) in [6.07, 6.45) is 10.1. The number of anilines is 2. The fourth-order valence-corrected chi connectivity index (χ4v) is 7.58. The first-order chi connectivity index (χ1) is 14.7. The zero-order chi connectivity index (χ0) is 22.3. The molecule has 4 heteroatoms. The molecule has 0 amide bonds. The highest BCUT2D eigenvalue weighted by Crippen LogP contribution is 2.36. The van der Waals surface area contributed by atoms with Gasteiger partial charge in [0, 0.05) is 45.8 Å². The van der Waals surface area contributed by atoms with E-state index in [-0.39, 0.29) is 0 Å². The monoisotopic (exact) mass is 425 g/mol. The highest BCUT2D eigenvalue weighted by molar-refractivity contribution is 7.02. The number of aliphatic imine (C=N–C) groups is 1. The minimum absolute atomic E-state index is 0.927. The molecule has 0 N–H and O–H groups in total. The Hall–Kier alpha value is -3.11. The van der Waals surface area contributed by atoms with E-state index in [2.05, 4.69) is 123 Å². The van der Waals surface area contributed by atoms with E-state index < -0.39 is 8.07 Å². The van der Waals surface area contributed by atoms with Gasteiger partial charge in [0.25, 0.3) is 0 Å². The lowest BCUT2D eigenvalue weighted by Crippen LogP contribution is -2.58. The number of allylic oxidation sites excluding steroid dienone is 5. The summed E-state index contributed by atoms with van der Waals surface area (Å²) in [5.74, 6) is 0. The van der Waals surface area contributed by atoms with Crippen molar-refractivity contribution in [2.45, 2.75) is 13.1 Å². The van der Waals surface area contributed by atoms with Gasteiger partial charge in [0.2, 0.25) is 0 Å². The molecule has 0 fully saturated rings. The van der Waals surface area contributed by atoms with Crippen molar-refractivity contribution in [3.63, 3.8) is 0 Å². The van der Waals surface area contributed by atoms with E-state index in [1.54, 1.807) is 6.20 Å². The maximum absolute atomic E-state index is 4.32. The van der Waals surface area contributed by atoms with E-state index in [0.29, 0.717) is 0 Å². The summed E-state index contributed by atoms with van der Waals surface area (Å²) in [5.41, 5.74) is 8.71. The Kier molecular flexibility index (Phi) is 5.36. The first kappa shape index (κ1) is 21.1. The smallest absolute Gasteiger partial charge is 0.114 e. The van der Waals surface area contributed by atoms with Gasteiger partial charge in [-0.15, -0.1) is 0 Å². The molecule has 0 bridgehead atoms. The van der Waals surface area contributed by atoms with Crippen LogP contribution >= 0.6 is 0 Å². The quantitative estimate of drug-likeness (QED) is 0.676. The zero-order valence-electron chi connectivity index (χ0n) is 19.4. The number of rotatable bonds is 3. The van der Waals surface area contributed by atoms with Crippen LogP contribution in [0.4, 0.5) is 11.4 Å². The molecule has 158 valence electrons. The van der Waals surface area contributed by atoms with Gasteiger partial charge >= 0.3 is 0 Å². The summed E-state index contributed by atoms with van der Waals surface area (Å²) in [6, 6.07) is 13.9. The number of hydrogen-bond acceptors (Lipinski definition) is 3. The molecule has 2 aromatic rings. The van der Waals surface area contributed by atoms with Crippen molar-refractivity contribution in [3.05, 3.63) is 90.2 Å². The van der Waals surface area contributed by atoms with Crippen molar-refractivity contribution in [1.82, 2.24) is 0 Å². The second kappa shape index (κ2) is 7.86. The van der Waals surface area contributed by atoms with Crippen LogP contribution in [0.2, 0.25) is 13.1 Å². The minimum atomic E-state index is -1.89. The Bertz CT molecular complexity index is 1100. The van der Waals surface area contributed by atoms with Crippen LogP contribution in [0.5, 0.6) is 0 Å². The van der Waals surface area contributed by atoms with E-state index in [1.165, 1.54) is 44.0 Å². The second-order valence-electron chi connectivity index (χ2n) is 9.11. The zero-order valence-corrected chi connectivity index (χ0v) is 20.4. The molecule has 0 spiro atoms. The van der Waals surface area contributed by atoms with Crippen LogP contribution in [0, 0.1) is 0 Å². The van der Waals surface area contributed by atoms with Crippen molar-refractivity contribution in [2.24, 2.45) is 4.99 Å². The van der Waals surface area contributed by atoms with Crippen molar-refractivity contribution in [1.29, 1.82) is 0 Å². The predicted molar refractivity (Wildman–Crippen MR) is 140 cm³/mol. The van der Waals surface area contributed by atoms with Gasteiger partial charge in [-0.25, -0.2) is 0 Å². The molecule has 1 heterocycles. The molecular formula is C27H31N3Si. The molecule has 1 aliphatic heterocycles. The fraction of sp³-hybridized carbons (Fsp3) is 0.222. The Labute approximate surface area is 187 Å². The van der Waals surface area contributed by atoms with Crippen LogP contribution in [0.15, 0.2) is 84.0 Å². The van der Waals surface area contributed by atoms with Crippen LogP contribution in [0.1, 0.15) is 11.1 Å². The van der Waals surface area contributed by atoms with Gasteiger partial charge in [-0.05, 0) is 69.1 Å². The number of benzene rings is 2. The van der Waals surface area contributed by atoms with Gasteiger partial charge in [0.1, 0.15) is 8.07 Å². The standard InChI is InChI=1S/C27H31N3Si/c1-8-28-20-11-9-19(10-12-20)27-23-15-13-21(29(2)3)17-25(23)31(6,7)26-18-22(30(4)5)14-16-24(26)27/h8-18H,1H2,2-7H3. The molecular weight excluding hydrogens is 394 g/mol. The van der Waals surface area contributed by atoms with E-state index in [0.717, 1.165) is 5.71 Å². The summed E-state index contributed by atoms with van der Waals surface area (Å²) >= 11 is 0. The molecule has 4 rings (SSSR count). The van der Waals surface area contributed by atoms with Gasteiger partial charge in [-0.1, -0.05) is 44.0 Å². The molecule has 31 heavy (non-hydrogen) atoms. The Morgan fingerprint density at radius 1 is 0.774 bits per heavy atom. The lowest BCUT2D eigenvalue weighted by atomic mass is 9.89. The lowest BCUT2D eigenvalue weighted by molar-refractivity contribution is 1.13. The third kappa shape index (κ3) is 3.61. The Morgan fingerprint density at radius 2 is 1.26 bits per heavy atom. The van der Waals surface area contributed by atoms with Gasteiger partial charge in [-0.2, -0.15) is 0 Å². The van der Waals surface area contributed by atoms with Crippen LogP contribution in [-0.4, -0.2) is 42.0 Å². The highest BCUT2D eigenvalue weighted by atomic mass is 28.3. The van der Waals surface area contributed by atoms with E-state index in [1.807, 2.05) is 0 Å². The van der Waals surface area contributed by atoms with Crippen molar-refractivity contribution < 1.29 is 0 Å². The van der Waals surface area contributed by atoms with Crippen molar-refractivity contribution in [3.8, 4) is 0 Å². The second-order valence-corrected chi connectivity index (χ2v) is 13.4.